The molecule has 1 rings (SSSR count). The van der Waals surface area contributed by atoms with Crippen LogP contribution in [0.3, 0.4) is 0 Å². The molecule has 1 aromatic heterocycles. The highest BCUT2D eigenvalue weighted by molar-refractivity contribution is 9.09. The number of alkyl halides is 1. The van der Waals surface area contributed by atoms with Gasteiger partial charge in [0.1, 0.15) is 5.82 Å². The molecule has 0 aromatic carbocycles. The minimum absolute atomic E-state index is 0.697. The van der Waals surface area contributed by atoms with Crippen LogP contribution in [-0.4, -0.2) is 42.1 Å². The van der Waals surface area contributed by atoms with Crippen LogP contribution < -0.4 is 4.90 Å². The van der Waals surface area contributed by atoms with Gasteiger partial charge in [-0.2, -0.15) is 0 Å². The van der Waals surface area contributed by atoms with Crippen LogP contribution in [0.2, 0.25) is 0 Å². The first-order valence-corrected chi connectivity index (χ1v) is 5.99. The van der Waals surface area contributed by atoms with Crippen molar-refractivity contribution in [1.29, 1.82) is 0 Å². The van der Waals surface area contributed by atoms with Gasteiger partial charge in [-0.3, -0.25) is 4.98 Å². The lowest BCUT2D eigenvalue weighted by Crippen LogP contribution is -2.30. The highest BCUT2D eigenvalue weighted by Gasteiger charge is 2.09. The van der Waals surface area contributed by atoms with Crippen molar-refractivity contribution >= 4 is 21.7 Å². The summed E-state index contributed by atoms with van der Waals surface area (Å²) in [6.45, 7) is 4.41. The molecule has 0 saturated heterocycles. The molecule has 4 nitrogen and oxygen atoms in total. The first-order valence-electron chi connectivity index (χ1n) is 4.87. The smallest absolute Gasteiger partial charge is 0.150 e. The molecule has 0 bridgehead atoms. The molecule has 0 aliphatic carbocycles. The Morgan fingerprint density at radius 1 is 1.33 bits per heavy atom. The number of hydrogen-bond donors (Lipinski definition) is 0. The normalized spacial score (nSPS) is 10.3. The Labute approximate surface area is 98.8 Å². The second-order valence-corrected chi connectivity index (χ2v) is 3.93. The predicted octanol–water partition coefficient (Wildman–Crippen LogP) is 1.63. The Kier molecular flexibility index (Phi) is 5.57. The van der Waals surface area contributed by atoms with E-state index in [1.54, 1.807) is 19.5 Å². The Balaban J connectivity index is 2.74. The van der Waals surface area contributed by atoms with Gasteiger partial charge in [-0.25, -0.2) is 4.98 Å². The van der Waals surface area contributed by atoms with Crippen molar-refractivity contribution in [3.63, 3.8) is 0 Å². The molecular weight excluding hydrogens is 258 g/mol. The van der Waals surface area contributed by atoms with E-state index in [2.05, 4.69) is 30.8 Å². The lowest BCUT2D eigenvalue weighted by atomic mass is 10.4. The van der Waals surface area contributed by atoms with Crippen molar-refractivity contribution in [2.45, 2.75) is 6.92 Å². The lowest BCUT2D eigenvalue weighted by molar-refractivity contribution is 0.205. The van der Waals surface area contributed by atoms with Crippen molar-refractivity contribution in [2.24, 2.45) is 0 Å². The van der Waals surface area contributed by atoms with E-state index in [0.29, 0.717) is 6.61 Å². The first-order chi connectivity index (χ1) is 7.29. The number of hydrogen-bond acceptors (Lipinski definition) is 4. The van der Waals surface area contributed by atoms with Crippen LogP contribution >= 0.6 is 15.9 Å². The van der Waals surface area contributed by atoms with Crippen LogP contribution in [0.5, 0.6) is 0 Å². The number of ether oxygens (including phenoxy) is 1. The fourth-order valence-electron chi connectivity index (χ4n) is 1.34. The summed E-state index contributed by atoms with van der Waals surface area (Å²) in [6, 6.07) is 0. The van der Waals surface area contributed by atoms with Gasteiger partial charge in [-0.1, -0.05) is 15.9 Å². The summed E-state index contributed by atoms with van der Waals surface area (Å²) >= 11 is 3.43. The summed E-state index contributed by atoms with van der Waals surface area (Å²) in [7, 11) is 1.70. The number of aromatic nitrogens is 2. The number of halogens is 1. The third kappa shape index (κ3) is 3.76. The van der Waals surface area contributed by atoms with E-state index in [1.165, 1.54) is 0 Å². The Morgan fingerprint density at radius 2 is 2.07 bits per heavy atom. The Hall–Kier alpha value is -0.680. The van der Waals surface area contributed by atoms with Gasteiger partial charge >= 0.3 is 0 Å². The molecule has 0 fully saturated rings. The van der Waals surface area contributed by atoms with Gasteiger partial charge in [0.25, 0.3) is 0 Å². The fraction of sp³-hybridized carbons (Fsp3) is 0.600. The maximum Gasteiger partial charge on any atom is 0.150 e. The van der Waals surface area contributed by atoms with Gasteiger partial charge in [-0.15, -0.1) is 0 Å². The van der Waals surface area contributed by atoms with E-state index in [4.69, 9.17) is 4.74 Å². The molecule has 15 heavy (non-hydrogen) atoms. The van der Waals surface area contributed by atoms with Crippen molar-refractivity contribution in [3.8, 4) is 0 Å². The van der Waals surface area contributed by atoms with Gasteiger partial charge in [0.05, 0.1) is 12.3 Å². The summed E-state index contributed by atoms with van der Waals surface area (Å²) in [5.74, 6) is 0.939. The van der Waals surface area contributed by atoms with E-state index in [0.717, 1.165) is 29.9 Å². The fourth-order valence-corrected chi connectivity index (χ4v) is 1.77. The zero-order valence-electron chi connectivity index (χ0n) is 9.11. The molecule has 0 saturated carbocycles. The molecule has 0 atom stereocenters. The molecule has 0 aliphatic rings. The van der Waals surface area contributed by atoms with E-state index in [9.17, 15) is 0 Å². The van der Waals surface area contributed by atoms with Gasteiger partial charge in [0, 0.05) is 37.9 Å². The zero-order valence-corrected chi connectivity index (χ0v) is 10.7. The molecule has 0 radical (unpaired) electrons. The summed E-state index contributed by atoms with van der Waals surface area (Å²) in [6.07, 6.45) is 3.43. The van der Waals surface area contributed by atoms with Gasteiger partial charge in [0.2, 0.25) is 0 Å². The first kappa shape index (κ1) is 12.4. The molecule has 1 heterocycles. The van der Waals surface area contributed by atoms with Gasteiger partial charge < -0.3 is 9.64 Å². The van der Waals surface area contributed by atoms with Crippen LogP contribution in [0.1, 0.15) is 5.69 Å². The van der Waals surface area contributed by atoms with Crippen molar-refractivity contribution < 1.29 is 4.74 Å². The average molecular weight is 274 g/mol. The number of methoxy groups -OCH3 is 1. The van der Waals surface area contributed by atoms with Crippen molar-refractivity contribution in [3.05, 3.63) is 18.1 Å². The highest BCUT2D eigenvalue weighted by Crippen LogP contribution is 2.13. The van der Waals surface area contributed by atoms with Crippen molar-refractivity contribution in [2.75, 3.05) is 37.0 Å². The van der Waals surface area contributed by atoms with E-state index in [-0.39, 0.29) is 0 Å². The SMILES string of the molecule is COCCN(CCBr)c1nccnc1C. The second kappa shape index (κ2) is 6.74. The summed E-state index contributed by atoms with van der Waals surface area (Å²) in [5, 5.41) is 0.909. The summed E-state index contributed by atoms with van der Waals surface area (Å²) in [4.78, 5) is 10.7. The molecule has 0 spiro atoms. The number of rotatable bonds is 6. The van der Waals surface area contributed by atoms with Crippen molar-refractivity contribution in [1.82, 2.24) is 9.97 Å². The molecule has 0 unspecified atom stereocenters. The third-order valence-corrected chi connectivity index (χ3v) is 2.43. The van der Waals surface area contributed by atoms with Crippen LogP contribution in [0.15, 0.2) is 12.4 Å². The van der Waals surface area contributed by atoms with E-state index < -0.39 is 0 Å². The molecule has 5 heteroatoms. The predicted molar refractivity (Wildman–Crippen MR) is 64.7 cm³/mol. The number of aryl methyl sites for hydroxylation is 1. The summed E-state index contributed by atoms with van der Waals surface area (Å²) < 4.78 is 5.07. The standard InChI is InChI=1S/C10H16BrN3O/c1-9-10(13-5-4-12-9)14(6-3-11)7-8-15-2/h4-5H,3,6-8H2,1-2H3. The molecule has 0 N–H and O–H groups in total. The molecular formula is C10H16BrN3O. The topological polar surface area (TPSA) is 38.2 Å². The minimum Gasteiger partial charge on any atom is -0.383 e. The maximum absolute atomic E-state index is 5.07. The Morgan fingerprint density at radius 3 is 2.67 bits per heavy atom. The number of nitrogens with zero attached hydrogens (tertiary/aromatic N) is 3. The van der Waals surface area contributed by atoms with E-state index >= 15 is 0 Å². The molecule has 0 amide bonds. The lowest BCUT2D eigenvalue weighted by Gasteiger charge is -2.23. The Bertz CT molecular complexity index is 296. The largest absolute Gasteiger partial charge is 0.383 e. The zero-order chi connectivity index (χ0) is 11.1. The molecule has 0 aliphatic heterocycles. The second-order valence-electron chi connectivity index (χ2n) is 3.13. The van der Waals surface area contributed by atoms with Gasteiger partial charge in [-0.05, 0) is 6.92 Å². The third-order valence-electron chi connectivity index (χ3n) is 2.07. The highest BCUT2D eigenvalue weighted by atomic mass is 79.9. The monoisotopic (exact) mass is 273 g/mol. The molecule has 84 valence electrons. The van der Waals surface area contributed by atoms with Crippen LogP contribution in [0.4, 0.5) is 5.82 Å². The maximum atomic E-state index is 5.07. The number of anilines is 1. The van der Waals surface area contributed by atoms with Crippen LogP contribution in [-0.2, 0) is 4.74 Å². The average Bonchev–Trinajstić information content (AvgIpc) is 2.25. The molecule has 1 aromatic rings. The quantitative estimate of drug-likeness (QED) is 0.739. The van der Waals surface area contributed by atoms with Crippen LogP contribution in [0, 0.1) is 6.92 Å². The van der Waals surface area contributed by atoms with Crippen LogP contribution in [0.25, 0.3) is 0 Å². The van der Waals surface area contributed by atoms with Gasteiger partial charge in [0.15, 0.2) is 0 Å². The minimum atomic E-state index is 0.697. The van der Waals surface area contributed by atoms with E-state index in [1.807, 2.05) is 6.92 Å². The summed E-state index contributed by atoms with van der Waals surface area (Å²) in [5.41, 5.74) is 0.953.